The van der Waals surface area contributed by atoms with E-state index in [9.17, 15) is 4.79 Å². The molecule has 2 saturated carbocycles. The highest BCUT2D eigenvalue weighted by molar-refractivity contribution is 5.85. The van der Waals surface area contributed by atoms with Crippen LogP contribution in [0.1, 0.15) is 44.1 Å². The normalized spacial score (nSPS) is 30.7. The van der Waals surface area contributed by atoms with Crippen LogP contribution in [0.3, 0.4) is 0 Å². The number of carbonyl (C=O) groups excluding carboxylic acids is 1. The fourth-order valence-corrected chi connectivity index (χ4v) is 5.46. The molecule has 3 fully saturated rings. The molecule has 26 heavy (non-hydrogen) atoms. The van der Waals surface area contributed by atoms with E-state index in [1.165, 1.54) is 24.8 Å². The number of hydrogen-bond acceptors (Lipinski definition) is 3. The van der Waals surface area contributed by atoms with E-state index in [0.29, 0.717) is 17.9 Å². The van der Waals surface area contributed by atoms with Crippen LogP contribution in [-0.4, -0.2) is 32.1 Å². The van der Waals surface area contributed by atoms with Gasteiger partial charge in [0.2, 0.25) is 5.91 Å². The Bertz CT molecular complexity index is 632. The lowest BCUT2D eigenvalue weighted by molar-refractivity contribution is -0.135. The molecule has 1 amide bonds. The maximum Gasteiger partial charge on any atom is 0.227 e. The summed E-state index contributed by atoms with van der Waals surface area (Å²) >= 11 is 0. The van der Waals surface area contributed by atoms with E-state index in [0.717, 1.165) is 50.4 Å². The lowest BCUT2D eigenvalue weighted by atomic mass is 9.68. The van der Waals surface area contributed by atoms with E-state index >= 15 is 0 Å². The van der Waals surface area contributed by atoms with Gasteiger partial charge in [-0.3, -0.25) is 4.79 Å². The molecular formula is C21H31ClN2O2. The molecular weight excluding hydrogens is 348 g/mol. The van der Waals surface area contributed by atoms with Crippen LogP contribution in [0.25, 0.3) is 0 Å². The molecule has 1 saturated heterocycles. The Labute approximate surface area is 162 Å². The van der Waals surface area contributed by atoms with Gasteiger partial charge in [0.1, 0.15) is 5.75 Å². The maximum absolute atomic E-state index is 13.4. The Morgan fingerprint density at radius 2 is 2.08 bits per heavy atom. The zero-order chi connectivity index (χ0) is 17.3. The number of piperidine rings is 1. The molecule has 1 aliphatic heterocycles. The average Bonchev–Trinajstić information content (AvgIpc) is 3.24. The van der Waals surface area contributed by atoms with Crippen molar-refractivity contribution in [3.8, 4) is 5.75 Å². The molecule has 4 nitrogen and oxygen atoms in total. The van der Waals surface area contributed by atoms with Crippen molar-refractivity contribution in [3.05, 3.63) is 29.8 Å². The molecule has 1 aromatic carbocycles. The Hall–Kier alpha value is -1.26. The smallest absolute Gasteiger partial charge is 0.227 e. The van der Waals surface area contributed by atoms with Crippen LogP contribution in [0.5, 0.6) is 5.75 Å². The van der Waals surface area contributed by atoms with Gasteiger partial charge in [0, 0.05) is 6.04 Å². The first-order valence-corrected chi connectivity index (χ1v) is 9.84. The second-order valence-electron chi connectivity index (χ2n) is 8.26. The Balaban J connectivity index is 0.00000196. The summed E-state index contributed by atoms with van der Waals surface area (Å²) in [5, 5.41) is 6.81. The minimum absolute atomic E-state index is 0. The lowest BCUT2D eigenvalue weighted by Crippen LogP contribution is -2.51. The van der Waals surface area contributed by atoms with Crippen molar-refractivity contribution in [1.82, 2.24) is 10.6 Å². The van der Waals surface area contributed by atoms with Gasteiger partial charge in [-0.25, -0.2) is 0 Å². The summed E-state index contributed by atoms with van der Waals surface area (Å²) < 4.78 is 5.39. The van der Waals surface area contributed by atoms with E-state index in [4.69, 9.17) is 4.74 Å². The lowest BCUT2D eigenvalue weighted by Gasteiger charge is -2.38. The van der Waals surface area contributed by atoms with Gasteiger partial charge in [0.25, 0.3) is 0 Å². The van der Waals surface area contributed by atoms with Crippen molar-refractivity contribution in [2.45, 2.75) is 51.0 Å². The zero-order valence-corrected chi connectivity index (χ0v) is 16.4. The average molecular weight is 379 g/mol. The van der Waals surface area contributed by atoms with Crippen molar-refractivity contribution >= 4 is 18.3 Å². The number of hydrogen-bond donors (Lipinski definition) is 2. The van der Waals surface area contributed by atoms with E-state index in [-0.39, 0.29) is 17.8 Å². The van der Waals surface area contributed by atoms with Gasteiger partial charge in [-0.1, -0.05) is 18.6 Å². The quantitative estimate of drug-likeness (QED) is 0.826. The second-order valence-corrected chi connectivity index (χ2v) is 8.26. The molecule has 3 unspecified atom stereocenters. The number of amides is 1. The third kappa shape index (κ3) is 3.72. The number of carbonyl (C=O) groups is 1. The topological polar surface area (TPSA) is 50.4 Å². The van der Waals surface area contributed by atoms with E-state index in [2.05, 4.69) is 22.8 Å². The summed E-state index contributed by atoms with van der Waals surface area (Å²) in [4.78, 5) is 13.4. The first-order valence-electron chi connectivity index (χ1n) is 9.84. The van der Waals surface area contributed by atoms with Crippen LogP contribution in [0.15, 0.2) is 24.3 Å². The molecule has 1 heterocycles. The van der Waals surface area contributed by atoms with Gasteiger partial charge < -0.3 is 15.4 Å². The molecule has 5 heteroatoms. The number of benzene rings is 1. The molecule has 3 aliphatic rings. The standard InChI is InChI=1S/C21H30N2O2.ClH/c1-25-19-4-2-3-15(12-19)13-21(14-16-5-6-17(21)11-16)20(24)23-18-7-9-22-10-8-18;/h2-4,12,16-18,22H,5-11,13-14H2,1H3,(H,23,24);1H. The SMILES string of the molecule is COc1cccc(CC2(C(=O)NC3CCNCC3)CC3CCC2C3)c1.Cl. The van der Waals surface area contributed by atoms with Crippen LogP contribution in [0.4, 0.5) is 0 Å². The largest absolute Gasteiger partial charge is 0.497 e. The molecule has 3 atom stereocenters. The van der Waals surface area contributed by atoms with E-state index < -0.39 is 0 Å². The first kappa shape index (κ1) is 19.5. The zero-order valence-electron chi connectivity index (χ0n) is 15.6. The van der Waals surface area contributed by atoms with Gasteiger partial charge in [0.05, 0.1) is 12.5 Å². The van der Waals surface area contributed by atoms with Crippen LogP contribution < -0.4 is 15.4 Å². The summed E-state index contributed by atoms with van der Waals surface area (Å²) in [6, 6.07) is 8.61. The molecule has 2 aliphatic carbocycles. The van der Waals surface area contributed by atoms with Crippen molar-refractivity contribution in [3.63, 3.8) is 0 Å². The maximum atomic E-state index is 13.4. The Kier molecular flexibility index (Phi) is 6.13. The number of methoxy groups -OCH3 is 1. The monoisotopic (exact) mass is 378 g/mol. The third-order valence-corrected chi connectivity index (χ3v) is 6.76. The summed E-state index contributed by atoms with van der Waals surface area (Å²) in [7, 11) is 1.70. The molecule has 0 aromatic heterocycles. The number of fused-ring (bicyclic) bond motifs is 2. The number of rotatable bonds is 5. The van der Waals surface area contributed by atoms with Crippen molar-refractivity contribution < 1.29 is 9.53 Å². The summed E-state index contributed by atoms with van der Waals surface area (Å²) in [6.45, 7) is 2.03. The molecule has 0 spiro atoms. The van der Waals surface area contributed by atoms with Crippen molar-refractivity contribution in [2.24, 2.45) is 17.3 Å². The predicted octanol–water partition coefficient (Wildman–Crippen LogP) is 3.33. The molecule has 2 N–H and O–H groups in total. The predicted molar refractivity (Wildman–Crippen MR) is 106 cm³/mol. The Morgan fingerprint density at radius 3 is 2.73 bits per heavy atom. The third-order valence-electron chi connectivity index (χ3n) is 6.76. The number of nitrogens with one attached hydrogen (secondary N) is 2. The molecule has 1 aromatic rings. The van der Waals surface area contributed by atoms with E-state index in [1.54, 1.807) is 7.11 Å². The summed E-state index contributed by atoms with van der Waals surface area (Å²) in [5.41, 5.74) is 1.02. The van der Waals surface area contributed by atoms with Gasteiger partial charge in [0.15, 0.2) is 0 Å². The van der Waals surface area contributed by atoms with E-state index in [1.807, 2.05) is 12.1 Å². The minimum atomic E-state index is -0.208. The van der Waals surface area contributed by atoms with Gasteiger partial charge in [-0.05, 0) is 81.1 Å². The number of ether oxygens (including phenoxy) is 1. The van der Waals surface area contributed by atoms with Crippen LogP contribution in [-0.2, 0) is 11.2 Å². The summed E-state index contributed by atoms with van der Waals surface area (Å²) in [6.07, 6.45) is 7.78. The minimum Gasteiger partial charge on any atom is -0.497 e. The fraction of sp³-hybridized carbons (Fsp3) is 0.667. The van der Waals surface area contributed by atoms with Gasteiger partial charge >= 0.3 is 0 Å². The first-order chi connectivity index (χ1) is 12.2. The highest BCUT2D eigenvalue weighted by Gasteiger charge is 2.55. The van der Waals surface area contributed by atoms with Crippen LogP contribution >= 0.6 is 12.4 Å². The highest BCUT2D eigenvalue weighted by Crippen LogP contribution is 2.57. The molecule has 4 rings (SSSR count). The van der Waals surface area contributed by atoms with Gasteiger partial charge in [-0.2, -0.15) is 0 Å². The van der Waals surface area contributed by atoms with Crippen LogP contribution in [0.2, 0.25) is 0 Å². The fourth-order valence-electron chi connectivity index (χ4n) is 5.46. The number of halogens is 1. The second kappa shape index (κ2) is 8.18. The highest BCUT2D eigenvalue weighted by atomic mass is 35.5. The van der Waals surface area contributed by atoms with Crippen molar-refractivity contribution in [2.75, 3.05) is 20.2 Å². The van der Waals surface area contributed by atoms with Gasteiger partial charge in [-0.15, -0.1) is 12.4 Å². The molecule has 144 valence electrons. The Morgan fingerprint density at radius 1 is 1.27 bits per heavy atom. The van der Waals surface area contributed by atoms with Crippen LogP contribution in [0, 0.1) is 17.3 Å². The summed E-state index contributed by atoms with van der Waals surface area (Å²) in [5.74, 6) is 2.49. The molecule has 2 bridgehead atoms. The molecule has 0 radical (unpaired) electrons. The van der Waals surface area contributed by atoms with Crippen molar-refractivity contribution in [1.29, 1.82) is 0 Å².